The summed E-state index contributed by atoms with van der Waals surface area (Å²) in [4.78, 5) is 4.94. The molecule has 2 aromatic rings. The predicted molar refractivity (Wildman–Crippen MR) is 69.2 cm³/mol. The second kappa shape index (κ2) is 4.20. The zero-order chi connectivity index (χ0) is 12.6. The van der Waals surface area contributed by atoms with Gasteiger partial charge in [-0.05, 0) is 42.5 Å². The Balaban J connectivity index is 2.16. The van der Waals surface area contributed by atoms with Gasteiger partial charge in [-0.2, -0.15) is 5.26 Å². The van der Waals surface area contributed by atoms with Crippen LogP contribution in [-0.2, 0) is 12.0 Å². The van der Waals surface area contributed by atoms with E-state index in [1.54, 1.807) is 17.8 Å². The van der Waals surface area contributed by atoms with Crippen LogP contribution in [-0.4, -0.2) is 10.1 Å². The second-order valence-electron chi connectivity index (χ2n) is 4.56. The molecule has 4 heteroatoms. The van der Waals surface area contributed by atoms with Gasteiger partial charge in [0.1, 0.15) is 5.60 Å². The summed E-state index contributed by atoms with van der Waals surface area (Å²) in [6.45, 7) is 0. The van der Waals surface area contributed by atoms with Crippen molar-refractivity contribution >= 4 is 11.3 Å². The second-order valence-corrected chi connectivity index (χ2v) is 5.45. The molecule has 3 rings (SSSR count). The average Bonchev–Trinajstić information content (AvgIpc) is 2.93. The first-order valence-corrected chi connectivity index (χ1v) is 6.77. The highest BCUT2D eigenvalue weighted by atomic mass is 32.1. The van der Waals surface area contributed by atoms with Crippen LogP contribution in [0.2, 0.25) is 0 Å². The Hall–Kier alpha value is -1.70. The molecule has 1 aliphatic rings. The van der Waals surface area contributed by atoms with Gasteiger partial charge in [-0.1, -0.05) is 6.07 Å². The van der Waals surface area contributed by atoms with Crippen molar-refractivity contribution < 1.29 is 5.11 Å². The van der Waals surface area contributed by atoms with Crippen LogP contribution in [0.4, 0.5) is 0 Å². The molecule has 0 bridgehead atoms. The van der Waals surface area contributed by atoms with Crippen molar-refractivity contribution in [1.82, 2.24) is 4.98 Å². The molecule has 1 aliphatic carbocycles. The largest absolute Gasteiger partial charge is 0.379 e. The summed E-state index contributed by atoms with van der Waals surface area (Å²) in [6, 6.07) is 7.69. The summed E-state index contributed by atoms with van der Waals surface area (Å²) >= 11 is 1.48. The van der Waals surface area contributed by atoms with Gasteiger partial charge in [0.25, 0.3) is 0 Å². The summed E-state index contributed by atoms with van der Waals surface area (Å²) in [7, 11) is 0. The van der Waals surface area contributed by atoms with E-state index in [1.807, 2.05) is 12.1 Å². The Labute approximate surface area is 109 Å². The van der Waals surface area contributed by atoms with Crippen LogP contribution >= 0.6 is 11.3 Å². The number of rotatable bonds is 1. The molecule has 0 saturated carbocycles. The maximum Gasteiger partial charge on any atom is 0.126 e. The first kappa shape index (κ1) is 11.4. The molecule has 0 fully saturated rings. The monoisotopic (exact) mass is 256 g/mol. The number of aryl methyl sites for hydroxylation is 1. The fourth-order valence-corrected chi connectivity index (χ4v) is 3.38. The lowest BCUT2D eigenvalue weighted by atomic mass is 9.78. The lowest BCUT2D eigenvalue weighted by Gasteiger charge is -2.33. The van der Waals surface area contributed by atoms with Gasteiger partial charge in [0.05, 0.1) is 22.0 Å². The van der Waals surface area contributed by atoms with Crippen molar-refractivity contribution in [2.24, 2.45) is 0 Å². The van der Waals surface area contributed by atoms with Gasteiger partial charge in [-0.15, -0.1) is 11.3 Å². The predicted octanol–water partition coefficient (Wildman–Crippen LogP) is 2.59. The Morgan fingerprint density at radius 3 is 3.06 bits per heavy atom. The molecule has 1 N–H and O–H groups in total. The summed E-state index contributed by atoms with van der Waals surface area (Å²) < 4.78 is 0. The van der Waals surface area contributed by atoms with Crippen LogP contribution in [0, 0.1) is 11.3 Å². The van der Waals surface area contributed by atoms with E-state index in [0.29, 0.717) is 12.0 Å². The molecule has 1 aromatic carbocycles. The topological polar surface area (TPSA) is 56.9 Å². The van der Waals surface area contributed by atoms with E-state index in [0.717, 1.165) is 28.8 Å². The molecule has 1 heterocycles. The van der Waals surface area contributed by atoms with Crippen LogP contribution in [0.5, 0.6) is 0 Å². The van der Waals surface area contributed by atoms with Crippen LogP contribution in [0.25, 0.3) is 0 Å². The fraction of sp³-hybridized carbons (Fsp3) is 0.286. The lowest BCUT2D eigenvalue weighted by molar-refractivity contribution is 0.0651. The third kappa shape index (κ3) is 1.64. The first-order valence-electron chi connectivity index (χ1n) is 5.89. The van der Waals surface area contributed by atoms with Gasteiger partial charge in [-0.25, -0.2) is 0 Å². The molecule has 18 heavy (non-hydrogen) atoms. The molecule has 3 nitrogen and oxygen atoms in total. The molecule has 0 amide bonds. The van der Waals surface area contributed by atoms with Gasteiger partial charge in [0.2, 0.25) is 0 Å². The normalized spacial score (nSPS) is 22.2. The van der Waals surface area contributed by atoms with Gasteiger partial charge in [0, 0.05) is 6.20 Å². The van der Waals surface area contributed by atoms with Crippen molar-refractivity contribution in [3.05, 3.63) is 51.5 Å². The Kier molecular flexibility index (Phi) is 2.66. The smallest absolute Gasteiger partial charge is 0.126 e. The summed E-state index contributed by atoms with van der Waals surface area (Å²) in [5.41, 5.74) is 3.48. The molecular formula is C14H12N2OS. The van der Waals surface area contributed by atoms with Gasteiger partial charge >= 0.3 is 0 Å². The van der Waals surface area contributed by atoms with E-state index < -0.39 is 5.60 Å². The number of benzene rings is 1. The number of nitrogens with zero attached hydrogens (tertiary/aromatic N) is 2. The molecule has 90 valence electrons. The summed E-state index contributed by atoms with van der Waals surface area (Å²) in [6.07, 6.45) is 4.30. The highest BCUT2D eigenvalue weighted by Crippen LogP contribution is 2.42. The molecule has 0 spiro atoms. The first-order chi connectivity index (χ1) is 8.74. The van der Waals surface area contributed by atoms with Crippen LogP contribution in [0.3, 0.4) is 0 Å². The molecule has 0 radical (unpaired) electrons. The van der Waals surface area contributed by atoms with E-state index in [9.17, 15) is 5.11 Å². The number of aliphatic hydroxyl groups is 1. The zero-order valence-corrected chi connectivity index (χ0v) is 10.6. The number of fused-ring (bicyclic) bond motifs is 1. The van der Waals surface area contributed by atoms with E-state index in [4.69, 9.17) is 5.26 Å². The van der Waals surface area contributed by atoms with Gasteiger partial charge < -0.3 is 5.11 Å². The lowest BCUT2D eigenvalue weighted by Crippen LogP contribution is -2.31. The minimum atomic E-state index is -0.928. The van der Waals surface area contributed by atoms with E-state index in [2.05, 4.69) is 11.1 Å². The van der Waals surface area contributed by atoms with Crippen LogP contribution in [0.1, 0.15) is 34.4 Å². The zero-order valence-electron chi connectivity index (χ0n) is 9.76. The molecule has 1 atom stereocenters. The van der Waals surface area contributed by atoms with E-state index in [-0.39, 0.29) is 0 Å². The maximum atomic E-state index is 10.9. The van der Waals surface area contributed by atoms with Crippen molar-refractivity contribution in [2.75, 3.05) is 0 Å². The molecular weight excluding hydrogens is 244 g/mol. The van der Waals surface area contributed by atoms with E-state index >= 15 is 0 Å². The number of aromatic nitrogens is 1. The number of hydrogen-bond acceptors (Lipinski definition) is 4. The van der Waals surface area contributed by atoms with Gasteiger partial charge in [0.15, 0.2) is 0 Å². The average molecular weight is 256 g/mol. The Morgan fingerprint density at radius 2 is 2.33 bits per heavy atom. The van der Waals surface area contributed by atoms with Crippen LogP contribution in [0.15, 0.2) is 29.9 Å². The molecule has 1 aromatic heterocycles. The fourth-order valence-electron chi connectivity index (χ4n) is 2.62. The van der Waals surface area contributed by atoms with Crippen molar-refractivity contribution in [1.29, 1.82) is 5.26 Å². The van der Waals surface area contributed by atoms with E-state index in [1.165, 1.54) is 11.3 Å². The molecule has 1 unspecified atom stereocenters. The molecule has 0 saturated heterocycles. The third-order valence-corrected chi connectivity index (χ3v) is 4.43. The van der Waals surface area contributed by atoms with Crippen molar-refractivity contribution in [3.63, 3.8) is 0 Å². The number of thiazole rings is 1. The summed E-state index contributed by atoms with van der Waals surface area (Å²) in [5.74, 6) is 0. The van der Waals surface area contributed by atoms with Crippen molar-refractivity contribution in [2.45, 2.75) is 24.9 Å². The minimum Gasteiger partial charge on any atom is -0.379 e. The highest BCUT2D eigenvalue weighted by Gasteiger charge is 2.37. The van der Waals surface area contributed by atoms with Gasteiger partial charge in [-0.3, -0.25) is 4.98 Å². The summed E-state index contributed by atoms with van der Waals surface area (Å²) in [5, 5.41) is 19.9. The maximum absolute atomic E-state index is 10.9. The SMILES string of the molecule is N#Cc1ccc2c(c1)CCCC2(O)c1cncs1. The Morgan fingerprint density at radius 1 is 1.44 bits per heavy atom. The number of nitriles is 1. The standard InChI is InChI=1S/C14H12N2OS/c15-7-10-3-4-12-11(6-10)2-1-5-14(12,17)13-8-16-9-18-13/h3-4,6,8-9,17H,1-2,5H2. The van der Waals surface area contributed by atoms with Crippen LogP contribution < -0.4 is 0 Å². The Bertz CT molecular complexity index is 615. The quantitative estimate of drug-likeness (QED) is 0.853. The molecule has 0 aliphatic heterocycles. The van der Waals surface area contributed by atoms with Crippen molar-refractivity contribution in [3.8, 4) is 6.07 Å². The highest BCUT2D eigenvalue weighted by molar-refractivity contribution is 7.09. The number of hydrogen-bond donors (Lipinski definition) is 1. The minimum absolute atomic E-state index is 0.655. The third-order valence-electron chi connectivity index (χ3n) is 3.50.